The van der Waals surface area contributed by atoms with Gasteiger partial charge in [0.25, 0.3) is 6.47 Å². The van der Waals surface area contributed by atoms with Crippen LogP contribution in [0.1, 0.15) is 101 Å². The van der Waals surface area contributed by atoms with Gasteiger partial charge < -0.3 is 9.84 Å². The minimum Gasteiger partial charge on any atom is -0.481 e. The van der Waals surface area contributed by atoms with Crippen molar-refractivity contribution in [2.75, 3.05) is 0 Å². The van der Waals surface area contributed by atoms with Crippen molar-refractivity contribution in [2.45, 2.75) is 111 Å². The molecule has 1 aromatic carbocycles. The standard InChI is InChI=1S/C26H42O4/c1-20-18-23(14-10-8-12-16-26(5,6)30-19-27)21(2)17-22(20)13-9-7-11-15-25(3,4)24(28)29/h17-19H,7-16H2,1-6H3,(H,28,29). The molecule has 0 aliphatic rings. The molecule has 0 radical (unpaired) electrons. The van der Waals surface area contributed by atoms with Crippen LogP contribution in [-0.2, 0) is 27.2 Å². The van der Waals surface area contributed by atoms with Crippen LogP contribution in [0.2, 0.25) is 0 Å². The van der Waals surface area contributed by atoms with E-state index in [9.17, 15) is 14.7 Å². The largest absolute Gasteiger partial charge is 0.481 e. The lowest BCUT2D eigenvalue weighted by atomic mass is 9.86. The fourth-order valence-corrected chi connectivity index (χ4v) is 3.87. The third-order valence-corrected chi connectivity index (χ3v) is 6.21. The third kappa shape index (κ3) is 9.32. The molecule has 0 spiro atoms. The molecule has 4 heteroatoms. The lowest BCUT2D eigenvalue weighted by Crippen LogP contribution is -2.23. The van der Waals surface area contributed by atoms with Gasteiger partial charge in [0, 0.05) is 0 Å². The average molecular weight is 419 g/mol. The fraction of sp³-hybridized carbons (Fsp3) is 0.692. The highest BCUT2D eigenvalue weighted by Crippen LogP contribution is 2.25. The second-order valence-corrected chi connectivity index (χ2v) is 9.99. The number of aryl methyl sites for hydroxylation is 4. The van der Waals surface area contributed by atoms with Gasteiger partial charge in [-0.2, -0.15) is 0 Å². The third-order valence-electron chi connectivity index (χ3n) is 6.21. The molecule has 30 heavy (non-hydrogen) atoms. The molecule has 0 fully saturated rings. The summed E-state index contributed by atoms with van der Waals surface area (Å²) in [6, 6.07) is 4.69. The monoisotopic (exact) mass is 418 g/mol. The van der Waals surface area contributed by atoms with E-state index in [1.165, 1.54) is 22.3 Å². The van der Waals surface area contributed by atoms with Crippen molar-refractivity contribution < 1.29 is 19.4 Å². The zero-order valence-electron chi connectivity index (χ0n) is 20.0. The fourth-order valence-electron chi connectivity index (χ4n) is 3.87. The lowest BCUT2D eigenvalue weighted by Gasteiger charge is -2.22. The van der Waals surface area contributed by atoms with Crippen molar-refractivity contribution >= 4 is 12.4 Å². The van der Waals surface area contributed by atoms with E-state index in [-0.39, 0.29) is 5.60 Å². The lowest BCUT2D eigenvalue weighted by molar-refractivity contribution is -0.147. The number of benzene rings is 1. The highest BCUT2D eigenvalue weighted by Gasteiger charge is 2.25. The molecule has 0 heterocycles. The molecule has 1 rings (SSSR count). The first kappa shape index (κ1) is 26.2. The molecule has 0 aliphatic carbocycles. The molecule has 0 atom stereocenters. The summed E-state index contributed by atoms with van der Waals surface area (Å²) in [4.78, 5) is 21.7. The van der Waals surface area contributed by atoms with Crippen LogP contribution < -0.4 is 0 Å². The van der Waals surface area contributed by atoms with Crippen molar-refractivity contribution in [3.8, 4) is 0 Å². The first-order valence-corrected chi connectivity index (χ1v) is 11.4. The predicted molar refractivity (Wildman–Crippen MR) is 123 cm³/mol. The summed E-state index contributed by atoms with van der Waals surface area (Å²) >= 11 is 0. The second-order valence-electron chi connectivity index (χ2n) is 9.99. The first-order chi connectivity index (χ1) is 14.0. The number of unbranched alkanes of at least 4 members (excludes halogenated alkanes) is 4. The zero-order valence-corrected chi connectivity index (χ0v) is 20.0. The highest BCUT2D eigenvalue weighted by molar-refractivity contribution is 5.73. The number of carboxylic acids is 1. The summed E-state index contributed by atoms with van der Waals surface area (Å²) in [5.74, 6) is -0.706. The number of hydrogen-bond acceptors (Lipinski definition) is 3. The molecule has 0 unspecified atom stereocenters. The summed E-state index contributed by atoms with van der Waals surface area (Å²) in [5, 5.41) is 9.20. The van der Waals surface area contributed by atoms with Gasteiger partial charge in [-0.1, -0.05) is 31.4 Å². The second kappa shape index (κ2) is 12.1. The molecule has 0 amide bonds. The van der Waals surface area contributed by atoms with Crippen LogP contribution in [0, 0.1) is 19.3 Å². The normalized spacial score (nSPS) is 12.1. The molecule has 0 saturated carbocycles. The summed E-state index contributed by atoms with van der Waals surface area (Å²) in [6.07, 6.45) is 10.3. The van der Waals surface area contributed by atoms with Crippen molar-refractivity contribution in [1.82, 2.24) is 0 Å². The van der Waals surface area contributed by atoms with E-state index >= 15 is 0 Å². The minimum absolute atomic E-state index is 0.362. The Morgan fingerprint density at radius 1 is 0.867 bits per heavy atom. The summed E-state index contributed by atoms with van der Waals surface area (Å²) in [6.45, 7) is 12.5. The van der Waals surface area contributed by atoms with Gasteiger partial charge in [-0.15, -0.1) is 0 Å². The number of carbonyl (C=O) groups excluding carboxylic acids is 1. The van der Waals surface area contributed by atoms with Crippen LogP contribution in [0.5, 0.6) is 0 Å². The Hall–Kier alpha value is -1.84. The van der Waals surface area contributed by atoms with Crippen molar-refractivity contribution in [3.05, 3.63) is 34.4 Å². The maximum absolute atomic E-state index is 11.2. The van der Waals surface area contributed by atoms with Crippen LogP contribution in [0.3, 0.4) is 0 Å². The van der Waals surface area contributed by atoms with Gasteiger partial charge in [-0.05, 0) is 109 Å². The van der Waals surface area contributed by atoms with Gasteiger partial charge in [-0.25, -0.2) is 0 Å². The topological polar surface area (TPSA) is 63.6 Å². The van der Waals surface area contributed by atoms with Crippen molar-refractivity contribution in [2.24, 2.45) is 5.41 Å². The van der Waals surface area contributed by atoms with Gasteiger partial charge in [0.15, 0.2) is 0 Å². The number of ether oxygens (including phenoxy) is 1. The SMILES string of the molecule is Cc1cc(CCCCCC(C)(C)C(=O)O)c(C)cc1CCCCCC(C)(C)OC=O. The highest BCUT2D eigenvalue weighted by atomic mass is 16.5. The van der Waals surface area contributed by atoms with E-state index < -0.39 is 11.4 Å². The van der Waals surface area contributed by atoms with E-state index in [4.69, 9.17) is 4.74 Å². The number of rotatable bonds is 15. The number of hydrogen-bond donors (Lipinski definition) is 1. The summed E-state index contributed by atoms with van der Waals surface area (Å²) in [7, 11) is 0. The minimum atomic E-state index is -0.706. The van der Waals surface area contributed by atoms with Gasteiger partial charge in [-0.3, -0.25) is 9.59 Å². The number of carbonyl (C=O) groups is 2. The zero-order chi connectivity index (χ0) is 22.8. The number of aliphatic carboxylic acids is 1. The van der Waals surface area contributed by atoms with Crippen LogP contribution in [-0.4, -0.2) is 23.1 Å². The number of carboxylic acid groups (broad SMARTS) is 1. The van der Waals surface area contributed by atoms with Gasteiger partial charge in [0.1, 0.15) is 5.60 Å². The molecule has 1 N–H and O–H groups in total. The van der Waals surface area contributed by atoms with Crippen molar-refractivity contribution in [1.29, 1.82) is 0 Å². The summed E-state index contributed by atoms with van der Waals surface area (Å²) < 4.78 is 5.11. The van der Waals surface area contributed by atoms with E-state index in [0.29, 0.717) is 6.47 Å². The maximum atomic E-state index is 11.2. The van der Waals surface area contributed by atoms with Crippen LogP contribution in [0.15, 0.2) is 12.1 Å². The molecule has 0 bridgehead atoms. The van der Waals surface area contributed by atoms with E-state index in [0.717, 1.165) is 64.2 Å². The molecule has 1 aromatic rings. The molecule has 4 nitrogen and oxygen atoms in total. The molecule has 170 valence electrons. The van der Waals surface area contributed by atoms with Gasteiger partial charge in [0.2, 0.25) is 0 Å². The van der Waals surface area contributed by atoms with Crippen LogP contribution in [0.25, 0.3) is 0 Å². The Kier molecular flexibility index (Phi) is 10.6. The van der Waals surface area contributed by atoms with Crippen molar-refractivity contribution in [3.63, 3.8) is 0 Å². The molecule has 0 aromatic heterocycles. The van der Waals surface area contributed by atoms with E-state index in [1.807, 2.05) is 13.8 Å². The molecule has 0 aliphatic heterocycles. The van der Waals surface area contributed by atoms with Crippen LogP contribution >= 0.6 is 0 Å². The Morgan fingerprint density at radius 2 is 1.33 bits per heavy atom. The summed E-state index contributed by atoms with van der Waals surface area (Å²) in [5.41, 5.74) is 4.60. The maximum Gasteiger partial charge on any atom is 0.309 e. The van der Waals surface area contributed by atoms with Gasteiger partial charge in [0.05, 0.1) is 5.41 Å². The molecular weight excluding hydrogens is 376 g/mol. The molecular formula is C26H42O4. The van der Waals surface area contributed by atoms with Gasteiger partial charge >= 0.3 is 5.97 Å². The average Bonchev–Trinajstić information content (AvgIpc) is 2.64. The van der Waals surface area contributed by atoms with Crippen LogP contribution in [0.4, 0.5) is 0 Å². The first-order valence-electron chi connectivity index (χ1n) is 11.4. The molecule has 0 saturated heterocycles. The Balaban J connectivity index is 2.41. The smallest absolute Gasteiger partial charge is 0.309 e. The Labute approximate surface area is 183 Å². The Morgan fingerprint density at radius 3 is 1.77 bits per heavy atom. The Bertz CT molecular complexity index is 689. The predicted octanol–water partition coefficient (Wildman–Crippen LogP) is 6.57. The quantitative estimate of drug-likeness (QED) is 0.258. The van der Waals surface area contributed by atoms with E-state index in [2.05, 4.69) is 26.0 Å². The van der Waals surface area contributed by atoms with E-state index in [1.54, 1.807) is 13.8 Å².